The molecule has 0 radical (unpaired) electrons. The zero-order valence-electron chi connectivity index (χ0n) is 9.79. The van der Waals surface area contributed by atoms with Gasteiger partial charge in [0.05, 0.1) is 10.7 Å². The summed E-state index contributed by atoms with van der Waals surface area (Å²) in [6, 6.07) is 4.47. The molecule has 0 bridgehead atoms. The largest absolute Gasteiger partial charge is 0.504 e. The van der Waals surface area contributed by atoms with E-state index in [2.05, 4.69) is 17.6 Å². The van der Waals surface area contributed by atoms with Crippen molar-refractivity contribution in [3.05, 3.63) is 23.2 Å². The van der Waals surface area contributed by atoms with Gasteiger partial charge in [0.15, 0.2) is 5.75 Å². The summed E-state index contributed by atoms with van der Waals surface area (Å²) >= 11 is 5.72. The smallest absolute Gasteiger partial charge is 0.319 e. The lowest BCUT2D eigenvalue weighted by Gasteiger charge is -2.09. The lowest BCUT2D eigenvalue weighted by molar-refractivity contribution is 0.251. The zero-order valence-corrected chi connectivity index (χ0v) is 10.5. The Labute approximate surface area is 106 Å². The van der Waals surface area contributed by atoms with Gasteiger partial charge in [-0.1, -0.05) is 37.4 Å². The van der Waals surface area contributed by atoms with Crippen LogP contribution in [0.1, 0.15) is 26.2 Å². The number of benzene rings is 1. The highest BCUT2D eigenvalue weighted by molar-refractivity contribution is 6.32. The topological polar surface area (TPSA) is 61.4 Å². The van der Waals surface area contributed by atoms with Crippen molar-refractivity contribution in [3.8, 4) is 5.75 Å². The van der Waals surface area contributed by atoms with Crippen molar-refractivity contribution < 1.29 is 9.90 Å². The molecule has 0 aliphatic rings. The molecule has 0 heterocycles. The van der Waals surface area contributed by atoms with E-state index in [-0.39, 0.29) is 16.8 Å². The molecule has 0 saturated carbocycles. The van der Waals surface area contributed by atoms with Gasteiger partial charge in [-0.15, -0.1) is 0 Å². The van der Waals surface area contributed by atoms with Crippen molar-refractivity contribution in [2.75, 3.05) is 11.9 Å². The number of hydrogen-bond donors (Lipinski definition) is 3. The molecule has 0 fully saturated rings. The van der Waals surface area contributed by atoms with Crippen LogP contribution in [0.2, 0.25) is 5.02 Å². The Morgan fingerprint density at radius 2 is 2.18 bits per heavy atom. The molecule has 94 valence electrons. The van der Waals surface area contributed by atoms with Crippen LogP contribution in [0.5, 0.6) is 5.75 Å². The van der Waals surface area contributed by atoms with Crippen LogP contribution in [-0.2, 0) is 0 Å². The fraction of sp³-hybridized carbons (Fsp3) is 0.417. The number of aromatic hydroxyl groups is 1. The van der Waals surface area contributed by atoms with Crippen molar-refractivity contribution >= 4 is 23.3 Å². The van der Waals surface area contributed by atoms with Gasteiger partial charge in [0.2, 0.25) is 0 Å². The molecule has 0 aliphatic heterocycles. The summed E-state index contributed by atoms with van der Waals surface area (Å²) in [5.74, 6) is -0.113. The maximum atomic E-state index is 11.5. The van der Waals surface area contributed by atoms with Gasteiger partial charge in [-0.05, 0) is 18.6 Å². The molecule has 17 heavy (non-hydrogen) atoms. The normalized spacial score (nSPS) is 10.0. The number of carbonyl (C=O) groups is 1. The lowest BCUT2D eigenvalue weighted by atomic mass is 10.2. The molecule has 1 rings (SSSR count). The standard InChI is InChI=1S/C12H17ClN2O2/c1-2-3-4-8-14-12(17)15-10-7-5-6-9(13)11(10)16/h5-7,16H,2-4,8H2,1H3,(H2,14,15,17). The van der Waals surface area contributed by atoms with Crippen LogP contribution in [0.25, 0.3) is 0 Å². The maximum absolute atomic E-state index is 11.5. The number of carbonyl (C=O) groups excluding carboxylic acids is 1. The van der Waals surface area contributed by atoms with Gasteiger partial charge in [0, 0.05) is 6.54 Å². The molecular formula is C12H17ClN2O2. The Morgan fingerprint density at radius 1 is 1.41 bits per heavy atom. The Morgan fingerprint density at radius 3 is 2.88 bits per heavy atom. The zero-order chi connectivity index (χ0) is 12.7. The summed E-state index contributed by atoms with van der Waals surface area (Å²) in [5, 5.41) is 15.0. The van der Waals surface area contributed by atoms with Gasteiger partial charge in [0.25, 0.3) is 0 Å². The summed E-state index contributed by atoms with van der Waals surface area (Å²) in [6.45, 7) is 2.73. The van der Waals surface area contributed by atoms with Crippen molar-refractivity contribution in [2.45, 2.75) is 26.2 Å². The number of anilines is 1. The first-order valence-corrected chi connectivity index (χ1v) is 6.05. The quantitative estimate of drug-likeness (QED) is 0.559. The number of halogens is 1. The highest BCUT2D eigenvalue weighted by Crippen LogP contribution is 2.30. The van der Waals surface area contributed by atoms with Crippen molar-refractivity contribution in [2.24, 2.45) is 0 Å². The second-order valence-electron chi connectivity index (χ2n) is 3.72. The predicted molar refractivity (Wildman–Crippen MR) is 69.7 cm³/mol. The lowest BCUT2D eigenvalue weighted by Crippen LogP contribution is -2.29. The van der Waals surface area contributed by atoms with Crippen LogP contribution in [0, 0.1) is 0 Å². The van der Waals surface area contributed by atoms with Crippen LogP contribution in [-0.4, -0.2) is 17.7 Å². The molecule has 0 saturated heterocycles. The minimum atomic E-state index is -0.335. The third-order valence-electron chi connectivity index (χ3n) is 2.30. The number of amides is 2. The predicted octanol–water partition coefficient (Wildman–Crippen LogP) is 3.36. The minimum absolute atomic E-state index is 0.113. The number of urea groups is 1. The number of unbranched alkanes of at least 4 members (excludes halogenated alkanes) is 2. The first kappa shape index (κ1) is 13.6. The highest BCUT2D eigenvalue weighted by Gasteiger charge is 2.07. The van der Waals surface area contributed by atoms with E-state index in [0.29, 0.717) is 12.2 Å². The van der Waals surface area contributed by atoms with E-state index >= 15 is 0 Å². The maximum Gasteiger partial charge on any atom is 0.319 e. The van der Waals surface area contributed by atoms with Crippen molar-refractivity contribution in [1.29, 1.82) is 0 Å². The van der Waals surface area contributed by atoms with Gasteiger partial charge < -0.3 is 15.7 Å². The summed E-state index contributed by atoms with van der Waals surface area (Å²) in [5.41, 5.74) is 0.311. The molecule has 0 aliphatic carbocycles. The molecule has 0 unspecified atom stereocenters. The Bertz CT molecular complexity index is 383. The molecule has 1 aromatic rings. The molecule has 4 nitrogen and oxygen atoms in total. The van der Waals surface area contributed by atoms with E-state index in [4.69, 9.17) is 11.6 Å². The van der Waals surface area contributed by atoms with E-state index in [1.807, 2.05) is 0 Å². The van der Waals surface area contributed by atoms with Crippen LogP contribution < -0.4 is 10.6 Å². The molecule has 1 aromatic carbocycles. The molecule has 0 aromatic heterocycles. The second-order valence-corrected chi connectivity index (χ2v) is 4.13. The Kier molecular flexibility index (Phi) is 5.63. The second kappa shape index (κ2) is 7.01. The first-order chi connectivity index (χ1) is 8.15. The molecule has 0 atom stereocenters. The van der Waals surface area contributed by atoms with Crippen LogP contribution in [0.15, 0.2) is 18.2 Å². The van der Waals surface area contributed by atoms with Crippen molar-refractivity contribution in [1.82, 2.24) is 5.32 Å². The average Bonchev–Trinajstić information content (AvgIpc) is 2.31. The first-order valence-electron chi connectivity index (χ1n) is 5.67. The van der Waals surface area contributed by atoms with Gasteiger partial charge in [-0.25, -0.2) is 4.79 Å². The molecule has 0 spiro atoms. The number of phenols is 1. The van der Waals surface area contributed by atoms with E-state index < -0.39 is 0 Å². The van der Waals surface area contributed by atoms with E-state index in [1.54, 1.807) is 18.2 Å². The third-order valence-corrected chi connectivity index (χ3v) is 2.61. The summed E-state index contributed by atoms with van der Waals surface area (Å²) in [4.78, 5) is 11.5. The molecule has 2 amide bonds. The van der Waals surface area contributed by atoms with Gasteiger partial charge in [-0.3, -0.25) is 0 Å². The van der Waals surface area contributed by atoms with E-state index in [1.165, 1.54) is 0 Å². The summed E-state index contributed by atoms with van der Waals surface area (Å²) in [6.07, 6.45) is 3.15. The van der Waals surface area contributed by atoms with Crippen LogP contribution in [0.3, 0.4) is 0 Å². The number of rotatable bonds is 5. The third kappa shape index (κ3) is 4.53. The van der Waals surface area contributed by atoms with E-state index in [0.717, 1.165) is 19.3 Å². The SMILES string of the molecule is CCCCCNC(=O)Nc1cccc(Cl)c1O. The van der Waals surface area contributed by atoms with Crippen molar-refractivity contribution in [3.63, 3.8) is 0 Å². The number of phenolic OH excluding ortho intramolecular Hbond substituents is 1. The number of hydrogen-bond acceptors (Lipinski definition) is 2. The van der Waals surface area contributed by atoms with Gasteiger partial charge >= 0.3 is 6.03 Å². The fourth-order valence-electron chi connectivity index (χ4n) is 1.36. The molecule has 5 heteroatoms. The molecular weight excluding hydrogens is 240 g/mol. The number of nitrogens with one attached hydrogen (secondary N) is 2. The van der Waals surface area contributed by atoms with Crippen LogP contribution >= 0.6 is 11.6 Å². The highest BCUT2D eigenvalue weighted by atomic mass is 35.5. The Balaban J connectivity index is 2.43. The van der Waals surface area contributed by atoms with E-state index in [9.17, 15) is 9.90 Å². The fourth-order valence-corrected chi connectivity index (χ4v) is 1.53. The summed E-state index contributed by atoms with van der Waals surface area (Å²) in [7, 11) is 0. The van der Waals surface area contributed by atoms with Crippen LogP contribution in [0.4, 0.5) is 10.5 Å². The molecule has 3 N–H and O–H groups in total. The summed E-state index contributed by atoms with van der Waals surface area (Å²) < 4.78 is 0. The number of para-hydroxylation sites is 1. The Hall–Kier alpha value is -1.42. The van der Waals surface area contributed by atoms with Gasteiger partial charge in [0.1, 0.15) is 0 Å². The average molecular weight is 257 g/mol. The van der Waals surface area contributed by atoms with Gasteiger partial charge in [-0.2, -0.15) is 0 Å². The monoisotopic (exact) mass is 256 g/mol. The minimum Gasteiger partial charge on any atom is -0.504 e.